The van der Waals surface area contributed by atoms with Crippen molar-refractivity contribution in [3.05, 3.63) is 77.4 Å². The fourth-order valence-electron chi connectivity index (χ4n) is 2.03. The van der Waals surface area contributed by atoms with Gasteiger partial charge in [0.1, 0.15) is 22.4 Å². The zero-order valence-corrected chi connectivity index (χ0v) is 14.1. The van der Waals surface area contributed by atoms with Crippen LogP contribution in [0.3, 0.4) is 0 Å². The lowest BCUT2D eigenvalue weighted by Gasteiger charge is -2.09. The Morgan fingerprint density at radius 3 is 2.50 bits per heavy atom. The Balaban J connectivity index is 1.63. The first kappa shape index (κ1) is 16.5. The molecule has 0 spiro atoms. The van der Waals surface area contributed by atoms with Gasteiger partial charge in [-0.05, 0) is 53.4 Å². The summed E-state index contributed by atoms with van der Waals surface area (Å²) in [5.41, 5.74) is 1.17. The molecule has 1 heterocycles. The van der Waals surface area contributed by atoms with Crippen molar-refractivity contribution >= 4 is 27.0 Å². The molecule has 0 amide bonds. The third-order valence-corrected chi connectivity index (χ3v) is 5.94. The summed E-state index contributed by atoms with van der Waals surface area (Å²) in [6.07, 6.45) is 0. The second kappa shape index (κ2) is 7.02. The third-order valence-electron chi connectivity index (χ3n) is 3.16. The van der Waals surface area contributed by atoms with Gasteiger partial charge in [0.15, 0.2) is 0 Å². The van der Waals surface area contributed by atoms with Gasteiger partial charge < -0.3 is 4.74 Å². The maximum Gasteiger partial charge on any atom is 0.271 e. The van der Waals surface area contributed by atoms with Crippen molar-refractivity contribution < 1.29 is 17.5 Å². The van der Waals surface area contributed by atoms with E-state index in [1.807, 2.05) is 0 Å². The summed E-state index contributed by atoms with van der Waals surface area (Å²) in [4.78, 5) is 0. The van der Waals surface area contributed by atoms with Crippen LogP contribution in [-0.2, 0) is 16.6 Å². The van der Waals surface area contributed by atoms with E-state index >= 15 is 0 Å². The van der Waals surface area contributed by atoms with Crippen LogP contribution in [-0.4, -0.2) is 8.42 Å². The second-order valence-corrected chi connectivity index (χ2v) is 7.84. The summed E-state index contributed by atoms with van der Waals surface area (Å²) >= 11 is 1.15. The van der Waals surface area contributed by atoms with Crippen molar-refractivity contribution in [3.8, 4) is 5.75 Å². The van der Waals surface area contributed by atoms with Gasteiger partial charge in [0, 0.05) is 5.69 Å². The van der Waals surface area contributed by atoms with Crippen LogP contribution in [0.25, 0.3) is 0 Å². The van der Waals surface area contributed by atoms with E-state index in [9.17, 15) is 12.8 Å². The zero-order chi connectivity index (χ0) is 17.0. The molecule has 0 saturated heterocycles. The molecular formula is C17H14FNO3S2. The van der Waals surface area contributed by atoms with Gasteiger partial charge in [0.2, 0.25) is 0 Å². The molecule has 24 heavy (non-hydrogen) atoms. The quantitative estimate of drug-likeness (QED) is 0.712. The number of sulfonamides is 1. The summed E-state index contributed by atoms with van der Waals surface area (Å²) < 4.78 is 45.7. The highest BCUT2D eigenvalue weighted by molar-refractivity contribution is 7.94. The molecule has 124 valence electrons. The van der Waals surface area contributed by atoms with Gasteiger partial charge >= 0.3 is 0 Å². The Kier molecular flexibility index (Phi) is 4.82. The standard InChI is InChI=1S/C17H14FNO3S2/c18-14-4-1-3-13(11-14)12-22-16-8-6-15(7-9-16)19-24(20,21)17-5-2-10-23-17/h1-11,19H,12H2. The van der Waals surface area contributed by atoms with Crippen molar-refractivity contribution in [2.24, 2.45) is 0 Å². The average molecular weight is 363 g/mol. The highest BCUT2D eigenvalue weighted by atomic mass is 32.2. The molecule has 3 rings (SSSR count). The fourth-order valence-corrected chi connectivity index (χ4v) is 4.09. The van der Waals surface area contributed by atoms with E-state index in [0.717, 1.165) is 16.9 Å². The minimum absolute atomic E-state index is 0.234. The first-order chi connectivity index (χ1) is 11.5. The number of nitrogens with one attached hydrogen (secondary N) is 1. The number of rotatable bonds is 6. The van der Waals surface area contributed by atoms with Gasteiger partial charge in [-0.15, -0.1) is 11.3 Å². The van der Waals surface area contributed by atoms with E-state index < -0.39 is 10.0 Å². The fraction of sp³-hybridized carbons (Fsp3) is 0.0588. The molecule has 0 radical (unpaired) electrons. The Morgan fingerprint density at radius 2 is 1.83 bits per heavy atom. The molecule has 3 aromatic rings. The van der Waals surface area contributed by atoms with Crippen LogP contribution >= 0.6 is 11.3 Å². The zero-order valence-electron chi connectivity index (χ0n) is 12.5. The lowest BCUT2D eigenvalue weighted by Crippen LogP contribution is -2.11. The van der Waals surface area contributed by atoms with Crippen molar-refractivity contribution in [3.63, 3.8) is 0 Å². The molecule has 7 heteroatoms. The van der Waals surface area contributed by atoms with Crippen LogP contribution in [0.1, 0.15) is 5.56 Å². The largest absolute Gasteiger partial charge is 0.489 e. The highest BCUT2D eigenvalue weighted by Gasteiger charge is 2.14. The molecule has 0 atom stereocenters. The second-order valence-electron chi connectivity index (χ2n) is 4.98. The minimum atomic E-state index is -3.56. The van der Waals surface area contributed by atoms with E-state index in [-0.39, 0.29) is 16.6 Å². The molecule has 0 aliphatic rings. The summed E-state index contributed by atoms with van der Waals surface area (Å²) in [6, 6.07) is 16.0. The lowest BCUT2D eigenvalue weighted by atomic mass is 10.2. The molecule has 1 aromatic heterocycles. The first-order valence-corrected chi connectivity index (χ1v) is 9.43. The normalized spacial score (nSPS) is 11.2. The molecule has 0 aliphatic heterocycles. The number of benzene rings is 2. The minimum Gasteiger partial charge on any atom is -0.489 e. The van der Waals surface area contributed by atoms with Crippen LogP contribution in [0.5, 0.6) is 5.75 Å². The van der Waals surface area contributed by atoms with Gasteiger partial charge in [0.05, 0.1) is 0 Å². The smallest absolute Gasteiger partial charge is 0.271 e. The first-order valence-electron chi connectivity index (χ1n) is 7.06. The topological polar surface area (TPSA) is 55.4 Å². The number of hydrogen-bond donors (Lipinski definition) is 1. The summed E-state index contributed by atoms with van der Waals surface area (Å²) in [5.74, 6) is 0.257. The van der Waals surface area contributed by atoms with E-state index in [1.165, 1.54) is 12.1 Å². The van der Waals surface area contributed by atoms with Crippen molar-refractivity contribution in [2.75, 3.05) is 4.72 Å². The van der Waals surface area contributed by atoms with Crippen molar-refractivity contribution in [2.45, 2.75) is 10.8 Å². The van der Waals surface area contributed by atoms with Crippen LogP contribution in [0.2, 0.25) is 0 Å². The number of halogens is 1. The van der Waals surface area contributed by atoms with Gasteiger partial charge in [-0.2, -0.15) is 0 Å². The van der Waals surface area contributed by atoms with Crippen LogP contribution in [0.4, 0.5) is 10.1 Å². The number of thiophene rings is 1. The van der Waals surface area contributed by atoms with Crippen LogP contribution in [0.15, 0.2) is 70.3 Å². The van der Waals surface area contributed by atoms with E-state index in [2.05, 4.69) is 4.72 Å². The Bertz CT molecular complexity index is 907. The van der Waals surface area contributed by atoms with Gasteiger partial charge in [-0.25, -0.2) is 12.8 Å². The molecule has 0 fully saturated rings. The summed E-state index contributed by atoms with van der Waals surface area (Å²) in [7, 11) is -3.56. The highest BCUT2D eigenvalue weighted by Crippen LogP contribution is 2.22. The summed E-state index contributed by atoms with van der Waals surface area (Å²) in [6.45, 7) is 0.234. The number of ether oxygens (including phenoxy) is 1. The molecule has 0 saturated carbocycles. The number of hydrogen-bond acceptors (Lipinski definition) is 4. The van der Waals surface area contributed by atoms with Crippen molar-refractivity contribution in [1.29, 1.82) is 0 Å². The molecule has 4 nitrogen and oxygen atoms in total. The predicted molar refractivity (Wildman–Crippen MR) is 92.3 cm³/mol. The van der Waals surface area contributed by atoms with E-state index in [4.69, 9.17) is 4.74 Å². The van der Waals surface area contributed by atoms with Crippen LogP contribution < -0.4 is 9.46 Å². The van der Waals surface area contributed by atoms with Gasteiger partial charge in [-0.1, -0.05) is 18.2 Å². The Labute approximate surface area is 143 Å². The van der Waals surface area contributed by atoms with Gasteiger partial charge in [-0.3, -0.25) is 4.72 Å². The van der Waals surface area contributed by atoms with E-state index in [1.54, 1.807) is 53.9 Å². The van der Waals surface area contributed by atoms with Crippen molar-refractivity contribution in [1.82, 2.24) is 0 Å². The average Bonchev–Trinajstić information content (AvgIpc) is 3.09. The lowest BCUT2D eigenvalue weighted by molar-refractivity contribution is 0.305. The predicted octanol–water partition coefficient (Wildman–Crippen LogP) is 4.27. The SMILES string of the molecule is O=S(=O)(Nc1ccc(OCc2cccc(F)c2)cc1)c1cccs1. The van der Waals surface area contributed by atoms with Crippen LogP contribution in [0, 0.1) is 5.82 Å². The van der Waals surface area contributed by atoms with Gasteiger partial charge in [0.25, 0.3) is 10.0 Å². The molecular weight excluding hydrogens is 349 g/mol. The Hall–Kier alpha value is -2.38. The molecule has 1 N–H and O–H groups in total. The molecule has 0 unspecified atom stereocenters. The Morgan fingerprint density at radius 1 is 1.04 bits per heavy atom. The third kappa shape index (κ3) is 4.12. The number of anilines is 1. The molecule has 0 bridgehead atoms. The monoisotopic (exact) mass is 363 g/mol. The maximum absolute atomic E-state index is 13.1. The molecule has 2 aromatic carbocycles. The molecule has 0 aliphatic carbocycles. The summed E-state index contributed by atoms with van der Waals surface area (Å²) in [5, 5.41) is 1.71. The van der Waals surface area contributed by atoms with E-state index in [0.29, 0.717) is 11.4 Å². The maximum atomic E-state index is 13.1.